The Hall–Kier alpha value is -3.26. The Labute approximate surface area is 198 Å². The molecule has 0 fully saturated rings. The van der Waals surface area contributed by atoms with E-state index in [4.69, 9.17) is 25.8 Å². The summed E-state index contributed by atoms with van der Waals surface area (Å²) in [5.41, 5.74) is 1.12. The molecule has 2 rings (SSSR count). The average molecular weight is 477 g/mol. The van der Waals surface area contributed by atoms with Crippen LogP contribution < -0.4 is 20.1 Å². The number of hydrogen-bond acceptors (Lipinski definition) is 6. The molecule has 0 aliphatic carbocycles. The number of hydrogen-bond donors (Lipinski definition) is 2. The molecule has 0 aromatic heterocycles. The van der Waals surface area contributed by atoms with Crippen LogP contribution in [0.1, 0.15) is 42.7 Å². The van der Waals surface area contributed by atoms with Gasteiger partial charge in [0.2, 0.25) is 0 Å². The lowest BCUT2D eigenvalue weighted by Crippen LogP contribution is -2.46. The van der Waals surface area contributed by atoms with E-state index in [0.717, 1.165) is 5.56 Å². The summed E-state index contributed by atoms with van der Waals surface area (Å²) in [4.78, 5) is 37.6. The van der Waals surface area contributed by atoms with Gasteiger partial charge in [-0.1, -0.05) is 37.6 Å². The Morgan fingerprint density at radius 2 is 1.48 bits per heavy atom. The number of carbonyl (C=O) groups excluding carboxylic acids is 3. The first-order valence-electron chi connectivity index (χ1n) is 10.4. The molecule has 1 unspecified atom stereocenters. The molecule has 0 radical (unpaired) electrons. The topological polar surface area (TPSA) is 103 Å². The van der Waals surface area contributed by atoms with Crippen LogP contribution >= 0.6 is 11.6 Å². The van der Waals surface area contributed by atoms with E-state index in [1.807, 2.05) is 6.92 Å². The van der Waals surface area contributed by atoms with Gasteiger partial charge in [0.05, 0.1) is 20.3 Å². The van der Waals surface area contributed by atoms with E-state index >= 15 is 0 Å². The predicted molar refractivity (Wildman–Crippen MR) is 125 cm³/mol. The highest BCUT2D eigenvalue weighted by atomic mass is 35.5. The molecule has 33 heavy (non-hydrogen) atoms. The fourth-order valence-electron chi connectivity index (χ4n) is 3.01. The highest BCUT2D eigenvalue weighted by molar-refractivity contribution is 6.30. The number of nitrogens with one attached hydrogen (secondary N) is 2. The Balaban J connectivity index is 1.97. The van der Waals surface area contributed by atoms with Crippen molar-refractivity contribution in [1.29, 1.82) is 0 Å². The first kappa shape index (κ1) is 26.0. The second kappa shape index (κ2) is 12.1. The third-order valence-electron chi connectivity index (χ3n) is 4.91. The first-order chi connectivity index (χ1) is 15.6. The molecule has 2 aromatic rings. The molecule has 0 spiro atoms. The number of carbonyl (C=O) groups is 3. The molecule has 178 valence electrons. The molecule has 8 nitrogen and oxygen atoms in total. The minimum absolute atomic E-state index is 0.263. The molecule has 2 atom stereocenters. The Bertz CT molecular complexity index is 955. The van der Waals surface area contributed by atoms with Crippen molar-refractivity contribution in [2.45, 2.75) is 32.9 Å². The summed E-state index contributed by atoms with van der Waals surface area (Å²) in [5, 5.41) is 6.02. The van der Waals surface area contributed by atoms with Crippen molar-refractivity contribution < 1.29 is 28.6 Å². The molecule has 0 saturated carbocycles. The smallest absolute Gasteiger partial charge is 0.329 e. The molecular formula is C24H29ClN2O6. The quantitative estimate of drug-likeness (QED) is 0.508. The highest BCUT2D eigenvalue weighted by Gasteiger charge is 2.27. The lowest BCUT2D eigenvalue weighted by molar-refractivity contribution is -0.151. The molecule has 2 aromatic carbocycles. The average Bonchev–Trinajstić information content (AvgIpc) is 2.80. The Morgan fingerprint density at radius 3 is 2.00 bits per heavy atom. The minimum Gasteiger partial charge on any atom is -0.497 e. The van der Waals surface area contributed by atoms with Crippen LogP contribution in [-0.4, -0.2) is 44.7 Å². The molecule has 0 bridgehead atoms. The van der Waals surface area contributed by atoms with Gasteiger partial charge < -0.3 is 24.8 Å². The van der Waals surface area contributed by atoms with Crippen LogP contribution in [0.4, 0.5) is 0 Å². The maximum absolute atomic E-state index is 12.7. The van der Waals surface area contributed by atoms with Crippen LogP contribution in [0.3, 0.4) is 0 Å². The third kappa shape index (κ3) is 7.68. The van der Waals surface area contributed by atoms with Crippen molar-refractivity contribution in [2.24, 2.45) is 5.92 Å². The number of halogens is 1. The largest absolute Gasteiger partial charge is 0.497 e. The molecule has 0 saturated heterocycles. The van der Waals surface area contributed by atoms with Crippen molar-refractivity contribution in [3.8, 4) is 11.5 Å². The van der Waals surface area contributed by atoms with Crippen LogP contribution in [0.2, 0.25) is 5.02 Å². The lowest BCUT2D eigenvalue weighted by Gasteiger charge is -2.21. The van der Waals surface area contributed by atoms with E-state index in [2.05, 4.69) is 10.6 Å². The van der Waals surface area contributed by atoms with Gasteiger partial charge in [-0.05, 0) is 42.7 Å². The first-order valence-corrected chi connectivity index (χ1v) is 10.8. The fraction of sp³-hybridized carbons (Fsp3) is 0.375. The maximum Gasteiger partial charge on any atom is 0.329 e. The van der Waals surface area contributed by atoms with Crippen LogP contribution in [0.15, 0.2) is 42.5 Å². The van der Waals surface area contributed by atoms with Gasteiger partial charge in [0.25, 0.3) is 11.8 Å². The normalized spacial score (nSPS) is 12.5. The number of benzene rings is 2. The second-order valence-electron chi connectivity index (χ2n) is 7.74. The summed E-state index contributed by atoms with van der Waals surface area (Å²) in [6.07, 6.45) is 0. The monoisotopic (exact) mass is 476 g/mol. The number of amides is 2. The van der Waals surface area contributed by atoms with Crippen LogP contribution in [0.5, 0.6) is 11.5 Å². The summed E-state index contributed by atoms with van der Waals surface area (Å²) in [5.74, 6) is -1.06. The van der Waals surface area contributed by atoms with E-state index in [1.165, 1.54) is 26.4 Å². The molecule has 2 N–H and O–H groups in total. The van der Waals surface area contributed by atoms with Gasteiger partial charge in [-0.3, -0.25) is 9.59 Å². The lowest BCUT2D eigenvalue weighted by atomic mass is 10.0. The van der Waals surface area contributed by atoms with Gasteiger partial charge in [-0.25, -0.2) is 4.79 Å². The fourth-order valence-corrected chi connectivity index (χ4v) is 3.13. The Morgan fingerprint density at radius 1 is 0.909 bits per heavy atom. The van der Waals surface area contributed by atoms with Crippen LogP contribution in [0, 0.1) is 5.92 Å². The number of methoxy groups -OCH3 is 2. The van der Waals surface area contributed by atoms with Gasteiger partial charge in [0.15, 0.2) is 6.61 Å². The minimum atomic E-state index is -0.948. The van der Waals surface area contributed by atoms with Crippen molar-refractivity contribution in [3.05, 3.63) is 58.6 Å². The number of esters is 1. The zero-order valence-corrected chi connectivity index (χ0v) is 20.1. The van der Waals surface area contributed by atoms with Gasteiger partial charge in [-0.2, -0.15) is 0 Å². The van der Waals surface area contributed by atoms with Crippen LogP contribution in [-0.2, 0) is 14.3 Å². The van der Waals surface area contributed by atoms with Crippen molar-refractivity contribution in [1.82, 2.24) is 10.6 Å². The van der Waals surface area contributed by atoms with E-state index in [-0.39, 0.29) is 17.5 Å². The van der Waals surface area contributed by atoms with E-state index in [0.29, 0.717) is 16.5 Å². The summed E-state index contributed by atoms with van der Waals surface area (Å²) in [7, 11) is 2.95. The zero-order chi connectivity index (χ0) is 24.5. The standard InChI is InChI=1S/C24H29ClN2O6/c1-14(2)22(27-23(29)17-10-19(31-4)12-20(11-17)32-5)24(30)33-13-21(28)26-15(3)16-6-8-18(25)9-7-16/h6-12,14-15,22H,13H2,1-5H3,(H,26,28)(H,27,29)/t15?,22-/m0/s1. The Kier molecular flexibility index (Phi) is 9.54. The van der Waals surface area contributed by atoms with Gasteiger partial charge in [-0.15, -0.1) is 0 Å². The number of rotatable bonds is 10. The second-order valence-corrected chi connectivity index (χ2v) is 8.18. The third-order valence-corrected chi connectivity index (χ3v) is 5.17. The van der Waals surface area contributed by atoms with Gasteiger partial charge in [0.1, 0.15) is 17.5 Å². The predicted octanol–water partition coefficient (Wildman–Crippen LogP) is 3.53. The van der Waals surface area contributed by atoms with Gasteiger partial charge >= 0.3 is 5.97 Å². The van der Waals surface area contributed by atoms with E-state index in [1.54, 1.807) is 44.2 Å². The molecule has 2 amide bonds. The summed E-state index contributed by atoms with van der Waals surface area (Å²) >= 11 is 5.88. The zero-order valence-electron chi connectivity index (χ0n) is 19.3. The van der Waals surface area contributed by atoms with Crippen LogP contribution in [0.25, 0.3) is 0 Å². The molecule has 0 aliphatic rings. The van der Waals surface area contributed by atoms with Crippen molar-refractivity contribution >= 4 is 29.4 Å². The molecule has 0 aliphatic heterocycles. The van der Waals surface area contributed by atoms with Crippen molar-refractivity contribution in [3.63, 3.8) is 0 Å². The number of ether oxygens (including phenoxy) is 3. The summed E-state index contributed by atoms with van der Waals surface area (Å²) < 4.78 is 15.5. The molecule has 9 heteroatoms. The molecule has 0 heterocycles. The maximum atomic E-state index is 12.7. The van der Waals surface area contributed by atoms with E-state index in [9.17, 15) is 14.4 Å². The van der Waals surface area contributed by atoms with Gasteiger partial charge in [0, 0.05) is 16.7 Å². The summed E-state index contributed by atoms with van der Waals surface area (Å²) in [6, 6.07) is 10.5. The van der Waals surface area contributed by atoms with E-state index < -0.39 is 30.4 Å². The highest BCUT2D eigenvalue weighted by Crippen LogP contribution is 2.23. The van der Waals surface area contributed by atoms with Crippen molar-refractivity contribution in [2.75, 3.05) is 20.8 Å². The molecular weight excluding hydrogens is 448 g/mol. The summed E-state index contributed by atoms with van der Waals surface area (Å²) in [6.45, 7) is 4.87. The SMILES string of the molecule is COc1cc(OC)cc(C(=O)N[C@H](C(=O)OCC(=O)NC(C)c2ccc(Cl)cc2)C(C)C)c1.